The van der Waals surface area contributed by atoms with Crippen molar-refractivity contribution < 1.29 is 21.5 Å². The summed E-state index contributed by atoms with van der Waals surface area (Å²) in [6.07, 6.45) is 0. The topological polar surface area (TPSA) is 0 Å². The molecule has 0 fully saturated rings. The fourth-order valence-electron chi connectivity index (χ4n) is 2.64. The molecule has 0 unspecified atom stereocenters. The third kappa shape index (κ3) is 2.42. The Balaban J connectivity index is 0.00000108. The van der Waals surface area contributed by atoms with E-state index in [2.05, 4.69) is 60.4 Å². The smallest absolute Gasteiger partial charge is 0.105 e. The number of halogens is 2. The molecule has 0 saturated carbocycles. The monoisotopic (exact) mass is 355 g/mol. The van der Waals surface area contributed by atoms with Gasteiger partial charge in [-0.3, -0.25) is 0 Å². The molecule has 1 nitrogen and oxygen atoms in total. The summed E-state index contributed by atoms with van der Waals surface area (Å²) in [4.78, 5) is 0. The SMILES string of the molecule is C[N+]1(C)Cc2cc3ccc(Br)cc3cc2C1.[Br-]. The molecule has 0 N–H and O–H groups in total. The molecule has 1 aliphatic heterocycles. The summed E-state index contributed by atoms with van der Waals surface area (Å²) in [5, 5.41) is 2.69. The molecule has 0 aromatic heterocycles. The highest BCUT2D eigenvalue weighted by atomic mass is 79.9. The van der Waals surface area contributed by atoms with Gasteiger partial charge in [0.2, 0.25) is 0 Å². The van der Waals surface area contributed by atoms with Crippen LogP contribution >= 0.6 is 15.9 Å². The predicted octanol–water partition coefficient (Wildman–Crippen LogP) is 0.696. The molecule has 1 aliphatic rings. The number of hydrogen-bond donors (Lipinski definition) is 0. The van der Waals surface area contributed by atoms with Crippen LogP contribution in [0.15, 0.2) is 34.8 Å². The zero-order chi connectivity index (χ0) is 11.3. The van der Waals surface area contributed by atoms with E-state index in [1.165, 1.54) is 21.9 Å². The standard InChI is InChI=1S/C14H15BrN.BrH/c1-16(2)8-12-5-10-3-4-14(15)7-11(10)6-13(12)9-16;/h3-7H,8-9H2,1-2H3;1H/q+1;/p-1. The lowest BCUT2D eigenvalue weighted by Gasteiger charge is -2.22. The van der Waals surface area contributed by atoms with Gasteiger partial charge in [-0.1, -0.05) is 22.0 Å². The molecule has 1 heterocycles. The van der Waals surface area contributed by atoms with Gasteiger partial charge in [0.05, 0.1) is 14.1 Å². The summed E-state index contributed by atoms with van der Waals surface area (Å²) in [7, 11) is 4.58. The lowest BCUT2D eigenvalue weighted by atomic mass is 10.0. The molecule has 0 saturated heterocycles. The van der Waals surface area contributed by atoms with Crippen LogP contribution in [0.3, 0.4) is 0 Å². The molecule has 0 amide bonds. The van der Waals surface area contributed by atoms with E-state index in [1.54, 1.807) is 0 Å². The van der Waals surface area contributed by atoms with Gasteiger partial charge in [0, 0.05) is 15.6 Å². The van der Waals surface area contributed by atoms with Crippen LogP contribution in [0.5, 0.6) is 0 Å². The first kappa shape index (κ1) is 13.1. The van der Waals surface area contributed by atoms with Crippen molar-refractivity contribution in [1.29, 1.82) is 0 Å². The van der Waals surface area contributed by atoms with Gasteiger partial charge in [-0.25, -0.2) is 0 Å². The first-order valence-corrected chi connectivity index (χ1v) is 6.36. The molecular formula is C14H15Br2N. The van der Waals surface area contributed by atoms with Crippen LogP contribution in [0.1, 0.15) is 11.1 Å². The zero-order valence-electron chi connectivity index (χ0n) is 10.0. The number of hydrogen-bond acceptors (Lipinski definition) is 0. The Bertz CT molecular complexity index is 576. The molecule has 17 heavy (non-hydrogen) atoms. The summed E-state index contributed by atoms with van der Waals surface area (Å²) < 4.78 is 2.24. The first-order valence-electron chi connectivity index (χ1n) is 5.57. The van der Waals surface area contributed by atoms with Gasteiger partial charge in [-0.05, 0) is 35.0 Å². The van der Waals surface area contributed by atoms with E-state index in [-0.39, 0.29) is 17.0 Å². The van der Waals surface area contributed by atoms with Gasteiger partial charge < -0.3 is 21.5 Å². The van der Waals surface area contributed by atoms with Gasteiger partial charge >= 0.3 is 0 Å². The number of rotatable bonds is 0. The molecule has 3 heteroatoms. The quantitative estimate of drug-likeness (QED) is 0.609. The van der Waals surface area contributed by atoms with Gasteiger partial charge in [0.25, 0.3) is 0 Å². The van der Waals surface area contributed by atoms with Crippen molar-refractivity contribution in [3.05, 3.63) is 45.9 Å². The number of nitrogens with zero attached hydrogens (tertiary/aromatic N) is 1. The highest BCUT2D eigenvalue weighted by Gasteiger charge is 2.27. The largest absolute Gasteiger partial charge is 1.00 e. The minimum absolute atomic E-state index is 0. The summed E-state index contributed by atoms with van der Waals surface area (Å²) in [6.45, 7) is 2.30. The van der Waals surface area contributed by atoms with Crippen molar-refractivity contribution in [2.24, 2.45) is 0 Å². The van der Waals surface area contributed by atoms with Crippen molar-refractivity contribution in [2.45, 2.75) is 13.1 Å². The van der Waals surface area contributed by atoms with Gasteiger partial charge in [-0.15, -0.1) is 0 Å². The van der Waals surface area contributed by atoms with Crippen LogP contribution in [0.2, 0.25) is 0 Å². The molecule has 2 aromatic rings. The van der Waals surface area contributed by atoms with E-state index in [1.807, 2.05) is 0 Å². The van der Waals surface area contributed by atoms with E-state index in [0.717, 1.165) is 22.0 Å². The van der Waals surface area contributed by atoms with Crippen molar-refractivity contribution in [3.63, 3.8) is 0 Å². The molecule has 0 aliphatic carbocycles. The highest BCUT2D eigenvalue weighted by Crippen LogP contribution is 2.31. The average Bonchev–Trinajstić information content (AvgIpc) is 2.47. The Morgan fingerprint density at radius 3 is 2.18 bits per heavy atom. The zero-order valence-corrected chi connectivity index (χ0v) is 13.2. The van der Waals surface area contributed by atoms with Crippen LogP contribution in [-0.2, 0) is 13.1 Å². The van der Waals surface area contributed by atoms with E-state index in [4.69, 9.17) is 0 Å². The first-order chi connectivity index (χ1) is 7.53. The van der Waals surface area contributed by atoms with E-state index in [0.29, 0.717) is 0 Å². The molecule has 2 aromatic carbocycles. The average molecular weight is 357 g/mol. The Morgan fingerprint density at radius 1 is 0.941 bits per heavy atom. The third-order valence-corrected chi connectivity index (χ3v) is 3.81. The molecule has 0 bridgehead atoms. The van der Waals surface area contributed by atoms with Crippen LogP contribution < -0.4 is 17.0 Å². The molecule has 0 radical (unpaired) electrons. The fraction of sp³-hybridized carbons (Fsp3) is 0.286. The minimum atomic E-state index is 0. The maximum Gasteiger partial charge on any atom is 0.105 e. The summed E-state index contributed by atoms with van der Waals surface area (Å²) in [5.41, 5.74) is 3.02. The predicted molar refractivity (Wildman–Crippen MR) is 71.2 cm³/mol. The van der Waals surface area contributed by atoms with Gasteiger partial charge in [0.15, 0.2) is 0 Å². The van der Waals surface area contributed by atoms with Crippen LogP contribution in [0, 0.1) is 0 Å². The van der Waals surface area contributed by atoms with Crippen molar-refractivity contribution >= 4 is 26.7 Å². The Morgan fingerprint density at radius 2 is 1.53 bits per heavy atom. The van der Waals surface area contributed by atoms with Crippen LogP contribution in [0.4, 0.5) is 0 Å². The number of fused-ring (bicyclic) bond motifs is 2. The minimum Gasteiger partial charge on any atom is -1.00 e. The van der Waals surface area contributed by atoms with Gasteiger partial charge in [-0.2, -0.15) is 0 Å². The van der Waals surface area contributed by atoms with Crippen LogP contribution in [-0.4, -0.2) is 18.6 Å². The highest BCUT2D eigenvalue weighted by molar-refractivity contribution is 9.10. The van der Waals surface area contributed by atoms with Crippen molar-refractivity contribution in [2.75, 3.05) is 14.1 Å². The van der Waals surface area contributed by atoms with Crippen molar-refractivity contribution in [1.82, 2.24) is 0 Å². The lowest BCUT2D eigenvalue weighted by Crippen LogP contribution is -3.00. The number of benzene rings is 2. The van der Waals surface area contributed by atoms with Crippen LogP contribution in [0.25, 0.3) is 10.8 Å². The summed E-state index contributed by atoms with van der Waals surface area (Å²) >= 11 is 3.53. The second kappa shape index (κ2) is 4.38. The Labute approximate surface area is 121 Å². The molecule has 90 valence electrons. The third-order valence-electron chi connectivity index (χ3n) is 3.32. The molecular weight excluding hydrogens is 342 g/mol. The molecule has 3 rings (SSSR count). The molecule has 0 atom stereocenters. The fourth-order valence-corrected chi connectivity index (χ4v) is 3.01. The summed E-state index contributed by atoms with van der Waals surface area (Å²) in [6, 6.07) is 11.2. The van der Waals surface area contributed by atoms with E-state index >= 15 is 0 Å². The van der Waals surface area contributed by atoms with E-state index < -0.39 is 0 Å². The Kier molecular flexibility index (Phi) is 3.36. The normalized spacial score (nSPS) is 16.6. The number of quaternary nitrogens is 1. The lowest BCUT2D eigenvalue weighted by molar-refractivity contribution is -0.910. The van der Waals surface area contributed by atoms with Crippen molar-refractivity contribution in [3.8, 4) is 0 Å². The Hall–Kier alpha value is -0.380. The summed E-state index contributed by atoms with van der Waals surface area (Å²) in [5.74, 6) is 0. The molecule has 0 spiro atoms. The second-order valence-corrected chi connectivity index (χ2v) is 6.28. The second-order valence-electron chi connectivity index (χ2n) is 5.36. The van der Waals surface area contributed by atoms with E-state index in [9.17, 15) is 0 Å². The maximum absolute atomic E-state index is 3.53. The van der Waals surface area contributed by atoms with Gasteiger partial charge in [0.1, 0.15) is 13.1 Å². The maximum atomic E-state index is 3.53.